The van der Waals surface area contributed by atoms with Crippen molar-refractivity contribution in [3.8, 4) is 0 Å². The summed E-state index contributed by atoms with van der Waals surface area (Å²) < 4.78 is 0. The number of amides is 2. The van der Waals surface area contributed by atoms with Crippen molar-refractivity contribution in [2.24, 2.45) is 0 Å². The zero-order chi connectivity index (χ0) is 15.5. The second-order valence-corrected chi connectivity index (χ2v) is 5.92. The van der Waals surface area contributed by atoms with Crippen molar-refractivity contribution >= 4 is 17.5 Å². The van der Waals surface area contributed by atoms with E-state index in [9.17, 15) is 14.7 Å². The van der Waals surface area contributed by atoms with Crippen molar-refractivity contribution < 1.29 is 14.7 Å². The molecule has 1 aromatic carbocycles. The topological polar surface area (TPSA) is 78.4 Å². The van der Waals surface area contributed by atoms with E-state index in [-0.39, 0.29) is 17.9 Å². The van der Waals surface area contributed by atoms with Crippen LogP contribution in [-0.4, -0.2) is 23.5 Å². The van der Waals surface area contributed by atoms with Gasteiger partial charge in [-0.05, 0) is 36.5 Å². The summed E-state index contributed by atoms with van der Waals surface area (Å²) in [5.41, 5.74) is 1.74. The monoisotopic (exact) mass is 300 g/mol. The Balaban J connectivity index is 1.67. The number of nitrogens with one attached hydrogen (secondary N) is 2. The number of carbonyl (C=O) groups excluding carboxylic acids is 2. The summed E-state index contributed by atoms with van der Waals surface area (Å²) >= 11 is 0. The lowest BCUT2D eigenvalue weighted by Gasteiger charge is -2.22. The van der Waals surface area contributed by atoms with Gasteiger partial charge < -0.3 is 15.7 Å². The maximum absolute atomic E-state index is 12.0. The lowest BCUT2D eigenvalue weighted by molar-refractivity contribution is -0.120. The fourth-order valence-corrected chi connectivity index (χ4v) is 3.17. The second kappa shape index (κ2) is 6.22. The Bertz CT molecular complexity index is 613. The van der Waals surface area contributed by atoms with Crippen LogP contribution in [0, 0.1) is 0 Å². The molecule has 0 saturated heterocycles. The first-order valence-electron chi connectivity index (χ1n) is 7.77. The van der Waals surface area contributed by atoms with Crippen LogP contribution >= 0.6 is 0 Å². The molecule has 5 heteroatoms. The van der Waals surface area contributed by atoms with Crippen LogP contribution < -0.4 is 10.6 Å². The van der Waals surface area contributed by atoms with Crippen LogP contribution in [0.4, 0.5) is 5.69 Å². The maximum atomic E-state index is 12.0. The van der Waals surface area contributed by atoms with E-state index in [0.717, 1.165) is 0 Å². The van der Waals surface area contributed by atoms with Gasteiger partial charge in [0.05, 0.1) is 6.54 Å². The number of hydrogen-bond acceptors (Lipinski definition) is 3. The van der Waals surface area contributed by atoms with Crippen molar-refractivity contribution in [2.75, 3.05) is 11.9 Å². The normalized spacial score (nSPS) is 19.2. The molecular formula is C17H20N2O3. The van der Waals surface area contributed by atoms with Crippen molar-refractivity contribution in [1.29, 1.82) is 0 Å². The summed E-state index contributed by atoms with van der Waals surface area (Å²) in [4.78, 5) is 23.5. The highest BCUT2D eigenvalue weighted by atomic mass is 16.3. The third-order valence-corrected chi connectivity index (χ3v) is 4.40. The molecule has 0 aromatic heterocycles. The Hall–Kier alpha value is -2.30. The van der Waals surface area contributed by atoms with E-state index in [0.29, 0.717) is 11.6 Å². The zero-order valence-corrected chi connectivity index (χ0v) is 12.4. The largest absolute Gasteiger partial charge is 0.509 e. The molecule has 5 nitrogen and oxygen atoms in total. The van der Waals surface area contributed by atoms with E-state index in [1.807, 2.05) is 24.3 Å². The minimum atomic E-state index is -0.571. The molecule has 1 aromatic rings. The Labute approximate surface area is 129 Å². The number of anilines is 1. The number of rotatable bonds is 3. The van der Waals surface area contributed by atoms with Crippen LogP contribution in [0.25, 0.3) is 0 Å². The fourth-order valence-electron chi connectivity index (χ4n) is 3.17. The third kappa shape index (κ3) is 2.98. The van der Waals surface area contributed by atoms with Crippen LogP contribution in [0.1, 0.15) is 43.6 Å². The molecule has 116 valence electrons. The molecule has 0 unspecified atom stereocenters. The Kier molecular flexibility index (Phi) is 4.13. The number of benzene rings is 1. The second-order valence-electron chi connectivity index (χ2n) is 5.92. The highest BCUT2D eigenvalue weighted by Gasteiger charge is 2.28. The molecule has 0 radical (unpaired) electrons. The zero-order valence-electron chi connectivity index (χ0n) is 12.4. The molecule has 0 atom stereocenters. The molecule has 0 spiro atoms. The summed E-state index contributed by atoms with van der Waals surface area (Å²) in [6, 6.07) is 7.78. The molecule has 1 fully saturated rings. The number of aliphatic hydroxyl groups excluding tert-OH is 1. The first-order chi connectivity index (χ1) is 10.6. The predicted octanol–water partition coefficient (Wildman–Crippen LogP) is 2.61. The third-order valence-electron chi connectivity index (χ3n) is 4.40. The van der Waals surface area contributed by atoms with Gasteiger partial charge in [0.15, 0.2) is 0 Å². The summed E-state index contributed by atoms with van der Waals surface area (Å²) in [6.07, 6.45) is 6.35. The van der Waals surface area contributed by atoms with E-state index < -0.39 is 11.8 Å². The molecule has 1 saturated carbocycles. The first-order valence-corrected chi connectivity index (χ1v) is 7.77. The lowest BCUT2D eigenvalue weighted by atomic mass is 9.84. The van der Waals surface area contributed by atoms with E-state index in [2.05, 4.69) is 10.6 Å². The standard InChI is InChI=1S/C17H20N2O3/c20-14-10-18-16(21)15(14)17(22)19-13-8-6-12(7-9-13)11-4-2-1-3-5-11/h6-9,11,20H,1-5,10H2,(H,18,21)(H,19,22). The van der Waals surface area contributed by atoms with Gasteiger partial charge in [-0.15, -0.1) is 0 Å². The van der Waals surface area contributed by atoms with Gasteiger partial charge in [-0.3, -0.25) is 9.59 Å². The quantitative estimate of drug-likeness (QED) is 0.751. The summed E-state index contributed by atoms with van der Waals surface area (Å²) in [5.74, 6) is -0.695. The van der Waals surface area contributed by atoms with Crippen molar-refractivity contribution in [2.45, 2.75) is 38.0 Å². The van der Waals surface area contributed by atoms with Crippen LogP contribution in [0.15, 0.2) is 35.6 Å². The molecule has 1 heterocycles. The van der Waals surface area contributed by atoms with Gasteiger partial charge in [-0.1, -0.05) is 31.4 Å². The molecule has 2 aliphatic rings. The molecule has 1 aliphatic carbocycles. The van der Waals surface area contributed by atoms with Gasteiger partial charge in [0.1, 0.15) is 11.3 Å². The lowest BCUT2D eigenvalue weighted by Crippen LogP contribution is -2.24. The van der Waals surface area contributed by atoms with E-state index in [1.54, 1.807) is 0 Å². The maximum Gasteiger partial charge on any atom is 0.264 e. The van der Waals surface area contributed by atoms with Crippen molar-refractivity contribution in [3.63, 3.8) is 0 Å². The summed E-state index contributed by atoms with van der Waals surface area (Å²) in [5, 5.41) is 14.6. The van der Waals surface area contributed by atoms with Crippen LogP contribution in [-0.2, 0) is 9.59 Å². The van der Waals surface area contributed by atoms with Crippen molar-refractivity contribution in [3.05, 3.63) is 41.2 Å². The van der Waals surface area contributed by atoms with E-state index in [4.69, 9.17) is 0 Å². The summed E-state index contributed by atoms with van der Waals surface area (Å²) in [6.45, 7) is 0.0161. The number of carbonyl (C=O) groups is 2. The van der Waals surface area contributed by atoms with Gasteiger partial charge in [-0.2, -0.15) is 0 Å². The van der Waals surface area contributed by atoms with Gasteiger partial charge in [0.25, 0.3) is 11.8 Å². The highest BCUT2D eigenvalue weighted by Crippen LogP contribution is 2.33. The van der Waals surface area contributed by atoms with Crippen LogP contribution in [0.3, 0.4) is 0 Å². The predicted molar refractivity (Wildman–Crippen MR) is 83.6 cm³/mol. The van der Waals surface area contributed by atoms with Crippen LogP contribution in [0.5, 0.6) is 0 Å². The summed E-state index contributed by atoms with van der Waals surface area (Å²) in [7, 11) is 0. The van der Waals surface area contributed by atoms with Gasteiger partial charge in [0.2, 0.25) is 0 Å². The van der Waals surface area contributed by atoms with Gasteiger partial charge in [-0.25, -0.2) is 0 Å². The van der Waals surface area contributed by atoms with E-state index in [1.165, 1.54) is 37.7 Å². The first kappa shape index (κ1) is 14.6. The average Bonchev–Trinajstić information content (AvgIpc) is 2.88. The molecular weight excluding hydrogens is 280 g/mol. The minimum Gasteiger partial charge on any atom is -0.509 e. The Morgan fingerprint density at radius 1 is 1.14 bits per heavy atom. The molecule has 2 amide bonds. The molecule has 3 N–H and O–H groups in total. The van der Waals surface area contributed by atoms with Crippen molar-refractivity contribution in [1.82, 2.24) is 5.32 Å². The average molecular weight is 300 g/mol. The van der Waals surface area contributed by atoms with Gasteiger partial charge >= 0.3 is 0 Å². The highest BCUT2D eigenvalue weighted by molar-refractivity contribution is 6.24. The smallest absolute Gasteiger partial charge is 0.264 e. The number of hydrogen-bond donors (Lipinski definition) is 3. The molecule has 22 heavy (non-hydrogen) atoms. The SMILES string of the molecule is O=C1NCC(O)=C1C(=O)Nc1ccc(C2CCCCC2)cc1. The van der Waals surface area contributed by atoms with Gasteiger partial charge in [0, 0.05) is 5.69 Å². The van der Waals surface area contributed by atoms with E-state index >= 15 is 0 Å². The molecule has 3 rings (SSSR count). The minimum absolute atomic E-state index is 0.0161. The Morgan fingerprint density at radius 2 is 1.82 bits per heavy atom. The molecule has 0 bridgehead atoms. The fraction of sp³-hybridized carbons (Fsp3) is 0.412. The molecule has 1 aliphatic heterocycles. The van der Waals surface area contributed by atoms with Crippen LogP contribution in [0.2, 0.25) is 0 Å². The Morgan fingerprint density at radius 3 is 2.41 bits per heavy atom. The number of aliphatic hydroxyl groups is 1.